The Kier molecular flexibility index (Phi) is 5.61. The van der Waals surface area contributed by atoms with Crippen molar-refractivity contribution < 1.29 is 9.90 Å². The molecule has 3 N–H and O–H groups in total. The summed E-state index contributed by atoms with van der Waals surface area (Å²) in [4.78, 5) is 8.78. The van der Waals surface area contributed by atoms with E-state index >= 15 is 0 Å². The summed E-state index contributed by atoms with van der Waals surface area (Å²) < 4.78 is 0. The molecule has 0 unspecified atom stereocenters. The third kappa shape index (κ3) is 7.16. The number of hydrogen-bond donors (Lipinski definition) is 2. The molecule has 3 heteroatoms. The quantitative estimate of drug-likeness (QED) is 0.616. The molecule has 0 radical (unpaired) electrons. The van der Waals surface area contributed by atoms with Crippen LogP contribution in [0.25, 0.3) is 0 Å². The van der Waals surface area contributed by atoms with Crippen molar-refractivity contribution in [1.82, 2.24) is 0 Å². The third-order valence-corrected chi connectivity index (χ3v) is 2.05. The monoisotopic (exact) mass is 159 g/mol. The zero-order chi connectivity index (χ0) is 8.69. The second-order valence-electron chi connectivity index (χ2n) is 2.90. The van der Waals surface area contributed by atoms with Gasteiger partial charge in [0.15, 0.2) is 0 Å². The van der Waals surface area contributed by atoms with Crippen LogP contribution in [0.4, 0.5) is 4.79 Å². The van der Waals surface area contributed by atoms with Crippen LogP contribution in [-0.2, 0) is 0 Å². The molecular weight excluding hydrogens is 142 g/mol. The predicted molar refractivity (Wildman–Crippen MR) is 44.5 cm³/mol. The topological polar surface area (TPSA) is 63.3 Å². The number of rotatable bonds is 1. The number of nitrogens with two attached hydrogens (primary N) is 1. The third-order valence-electron chi connectivity index (χ3n) is 2.05. The van der Waals surface area contributed by atoms with Gasteiger partial charge in [-0.25, -0.2) is 4.79 Å². The first kappa shape index (κ1) is 10.3. The zero-order valence-corrected chi connectivity index (χ0v) is 7.05. The molecule has 0 aromatic carbocycles. The highest BCUT2D eigenvalue weighted by Crippen LogP contribution is 2.26. The van der Waals surface area contributed by atoms with Crippen LogP contribution in [0.1, 0.15) is 39.0 Å². The van der Waals surface area contributed by atoms with Crippen molar-refractivity contribution in [1.29, 1.82) is 0 Å². The summed E-state index contributed by atoms with van der Waals surface area (Å²) >= 11 is 0. The molecule has 0 aromatic rings. The molecule has 1 aliphatic rings. The SMILES string of the molecule is CCC1CCCC1.NC(=O)O. The molecular formula is C8H17NO2. The highest BCUT2D eigenvalue weighted by Gasteiger charge is 2.11. The summed E-state index contributed by atoms with van der Waals surface area (Å²) in [7, 11) is 0. The summed E-state index contributed by atoms with van der Waals surface area (Å²) in [6.07, 6.45) is 6.10. The predicted octanol–water partition coefficient (Wildman–Crippen LogP) is 2.21. The van der Waals surface area contributed by atoms with E-state index in [1.165, 1.54) is 32.1 Å². The first-order valence-electron chi connectivity index (χ1n) is 4.15. The Morgan fingerprint density at radius 3 is 2.09 bits per heavy atom. The van der Waals surface area contributed by atoms with E-state index in [0.717, 1.165) is 5.92 Å². The molecule has 0 saturated heterocycles. The largest absolute Gasteiger partial charge is 0.465 e. The van der Waals surface area contributed by atoms with Crippen LogP contribution in [0.2, 0.25) is 0 Å². The minimum atomic E-state index is -1.33. The molecule has 66 valence electrons. The van der Waals surface area contributed by atoms with Gasteiger partial charge in [0, 0.05) is 0 Å². The van der Waals surface area contributed by atoms with Crippen molar-refractivity contribution in [2.75, 3.05) is 0 Å². The molecule has 0 bridgehead atoms. The summed E-state index contributed by atoms with van der Waals surface area (Å²) in [5.74, 6) is 1.10. The number of carbonyl (C=O) groups is 1. The molecule has 0 atom stereocenters. The summed E-state index contributed by atoms with van der Waals surface area (Å²) in [5.41, 5.74) is 4.03. The molecule has 0 aromatic heterocycles. The number of primary amides is 1. The van der Waals surface area contributed by atoms with Gasteiger partial charge < -0.3 is 10.8 Å². The molecule has 1 fully saturated rings. The molecule has 1 rings (SSSR count). The van der Waals surface area contributed by atoms with Gasteiger partial charge in [0.25, 0.3) is 0 Å². The lowest BCUT2D eigenvalue weighted by atomic mass is 10.1. The van der Waals surface area contributed by atoms with Gasteiger partial charge in [-0.15, -0.1) is 0 Å². The van der Waals surface area contributed by atoms with Gasteiger partial charge >= 0.3 is 6.09 Å². The summed E-state index contributed by atoms with van der Waals surface area (Å²) in [6, 6.07) is 0. The van der Waals surface area contributed by atoms with E-state index in [-0.39, 0.29) is 0 Å². The average molecular weight is 159 g/mol. The van der Waals surface area contributed by atoms with Crippen molar-refractivity contribution in [3.8, 4) is 0 Å². The molecule has 0 aliphatic heterocycles. The molecule has 0 heterocycles. The molecule has 3 nitrogen and oxygen atoms in total. The Bertz CT molecular complexity index is 105. The molecule has 1 aliphatic carbocycles. The molecule has 0 spiro atoms. The highest BCUT2D eigenvalue weighted by atomic mass is 16.4. The van der Waals surface area contributed by atoms with Gasteiger partial charge in [0.2, 0.25) is 0 Å². The van der Waals surface area contributed by atoms with Gasteiger partial charge in [0.1, 0.15) is 0 Å². The Balaban J connectivity index is 0.000000218. The second-order valence-corrected chi connectivity index (χ2v) is 2.90. The average Bonchev–Trinajstić information content (AvgIpc) is 2.36. The van der Waals surface area contributed by atoms with E-state index in [0.29, 0.717) is 0 Å². The Labute approximate surface area is 67.6 Å². The van der Waals surface area contributed by atoms with E-state index in [2.05, 4.69) is 12.7 Å². The number of amides is 1. The van der Waals surface area contributed by atoms with Crippen LogP contribution < -0.4 is 5.73 Å². The van der Waals surface area contributed by atoms with Crippen LogP contribution in [-0.4, -0.2) is 11.2 Å². The van der Waals surface area contributed by atoms with Crippen molar-refractivity contribution in [3.05, 3.63) is 0 Å². The van der Waals surface area contributed by atoms with Crippen molar-refractivity contribution in [2.24, 2.45) is 11.7 Å². The van der Waals surface area contributed by atoms with Crippen molar-refractivity contribution >= 4 is 6.09 Å². The highest BCUT2D eigenvalue weighted by molar-refractivity contribution is 5.61. The van der Waals surface area contributed by atoms with Crippen molar-refractivity contribution in [2.45, 2.75) is 39.0 Å². The van der Waals surface area contributed by atoms with Crippen LogP contribution in [0.3, 0.4) is 0 Å². The lowest BCUT2D eigenvalue weighted by Crippen LogP contribution is -2.03. The van der Waals surface area contributed by atoms with E-state index in [4.69, 9.17) is 9.90 Å². The minimum absolute atomic E-state index is 1.10. The van der Waals surface area contributed by atoms with Gasteiger partial charge in [-0.05, 0) is 5.92 Å². The Morgan fingerprint density at radius 1 is 1.55 bits per heavy atom. The van der Waals surface area contributed by atoms with Gasteiger partial charge in [-0.3, -0.25) is 0 Å². The fraction of sp³-hybridized carbons (Fsp3) is 0.875. The van der Waals surface area contributed by atoms with Gasteiger partial charge in [-0.2, -0.15) is 0 Å². The second kappa shape index (κ2) is 6.01. The van der Waals surface area contributed by atoms with Gasteiger partial charge in [0.05, 0.1) is 0 Å². The lowest BCUT2D eigenvalue weighted by Gasteiger charge is -1.99. The first-order valence-corrected chi connectivity index (χ1v) is 4.15. The zero-order valence-electron chi connectivity index (χ0n) is 7.05. The van der Waals surface area contributed by atoms with Crippen molar-refractivity contribution in [3.63, 3.8) is 0 Å². The van der Waals surface area contributed by atoms with Gasteiger partial charge in [-0.1, -0.05) is 39.0 Å². The minimum Gasteiger partial charge on any atom is -0.465 e. The van der Waals surface area contributed by atoms with Crippen LogP contribution >= 0.6 is 0 Å². The molecule has 1 amide bonds. The Hall–Kier alpha value is -0.730. The smallest absolute Gasteiger partial charge is 0.402 e. The van der Waals surface area contributed by atoms with Crippen LogP contribution in [0.15, 0.2) is 0 Å². The van der Waals surface area contributed by atoms with E-state index in [1.54, 1.807) is 0 Å². The maximum Gasteiger partial charge on any atom is 0.402 e. The Morgan fingerprint density at radius 2 is 1.91 bits per heavy atom. The fourth-order valence-corrected chi connectivity index (χ4v) is 1.42. The van der Waals surface area contributed by atoms with E-state index in [1.807, 2.05) is 0 Å². The molecule has 11 heavy (non-hydrogen) atoms. The van der Waals surface area contributed by atoms with E-state index in [9.17, 15) is 0 Å². The maximum atomic E-state index is 8.78. The first-order chi connectivity index (χ1) is 5.16. The number of hydrogen-bond acceptors (Lipinski definition) is 1. The maximum absolute atomic E-state index is 8.78. The summed E-state index contributed by atoms with van der Waals surface area (Å²) in [6.45, 7) is 2.30. The standard InChI is InChI=1S/C7H14.CH3NO2/c1-2-7-5-3-4-6-7;2-1(3)4/h7H,2-6H2,1H3;2H2,(H,3,4). The lowest BCUT2D eigenvalue weighted by molar-refractivity contribution is 0.205. The summed E-state index contributed by atoms with van der Waals surface area (Å²) in [5, 5.41) is 7.19. The van der Waals surface area contributed by atoms with Crippen LogP contribution in [0.5, 0.6) is 0 Å². The fourth-order valence-electron chi connectivity index (χ4n) is 1.42. The number of carboxylic acid groups (broad SMARTS) is 1. The van der Waals surface area contributed by atoms with E-state index < -0.39 is 6.09 Å². The molecule has 1 saturated carbocycles. The van der Waals surface area contributed by atoms with Crippen LogP contribution in [0, 0.1) is 5.92 Å². The normalized spacial score (nSPS) is 17.2.